The van der Waals surface area contributed by atoms with Crippen LogP contribution in [-0.4, -0.2) is 53.9 Å². The van der Waals surface area contributed by atoms with Crippen LogP contribution < -0.4 is 20.3 Å². The maximum absolute atomic E-state index is 14.1. The number of anilines is 1. The Morgan fingerprint density at radius 1 is 1.15 bits per heavy atom. The Hall–Kier alpha value is -3.63. The lowest BCUT2D eigenvalue weighted by Gasteiger charge is -2.29. The molecular formula is C31H36BrN3O6. The van der Waals surface area contributed by atoms with E-state index in [1.807, 2.05) is 54.6 Å². The molecule has 9 nitrogen and oxygen atoms in total. The number of halogens is 1. The molecule has 1 aliphatic rings. The highest BCUT2D eigenvalue weighted by atomic mass is 79.9. The molecule has 3 amide bonds. The summed E-state index contributed by atoms with van der Waals surface area (Å²) in [6.45, 7) is 6.70. The zero-order valence-electron chi connectivity index (χ0n) is 23.9. The minimum absolute atomic E-state index is 0.209. The van der Waals surface area contributed by atoms with Crippen LogP contribution in [0.2, 0.25) is 0 Å². The molecule has 0 bridgehead atoms. The van der Waals surface area contributed by atoms with Crippen molar-refractivity contribution >= 4 is 50.3 Å². The number of nitrogens with one attached hydrogen (secondary N) is 2. The van der Waals surface area contributed by atoms with E-state index in [0.29, 0.717) is 18.6 Å². The fraction of sp³-hybridized carbons (Fsp3) is 0.387. The van der Waals surface area contributed by atoms with Gasteiger partial charge in [-0.15, -0.1) is 0 Å². The number of aliphatic hydroxyl groups is 1. The second kappa shape index (κ2) is 12.5. The predicted molar refractivity (Wildman–Crippen MR) is 161 cm³/mol. The third-order valence-corrected chi connectivity index (χ3v) is 7.38. The lowest BCUT2D eigenvalue weighted by molar-refractivity contribution is -0.130. The van der Waals surface area contributed by atoms with Crippen molar-refractivity contribution < 1.29 is 29.0 Å². The van der Waals surface area contributed by atoms with E-state index in [0.717, 1.165) is 32.1 Å². The van der Waals surface area contributed by atoms with E-state index >= 15 is 0 Å². The number of para-hydroxylation sites is 1. The van der Waals surface area contributed by atoms with Crippen molar-refractivity contribution in [2.75, 3.05) is 12.0 Å². The minimum Gasteiger partial charge on any atom is -0.496 e. The molecule has 4 rings (SSSR count). The lowest BCUT2D eigenvalue weighted by Crippen LogP contribution is -2.57. The second-order valence-electron chi connectivity index (χ2n) is 11.1. The normalized spacial score (nSPS) is 16.8. The first-order chi connectivity index (χ1) is 19.4. The first kappa shape index (κ1) is 30.3. The van der Waals surface area contributed by atoms with Gasteiger partial charge in [-0.3, -0.25) is 9.59 Å². The maximum Gasteiger partial charge on any atom is 0.408 e. The first-order valence-electron chi connectivity index (χ1n) is 13.5. The Morgan fingerprint density at radius 2 is 1.88 bits per heavy atom. The molecule has 3 atom stereocenters. The highest BCUT2D eigenvalue weighted by Gasteiger charge is 2.35. The highest BCUT2D eigenvalue weighted by Crippen LogP contribution is 2.35. The van der Waals surface area contributed by atoms with Gasteiger partial charge in [0.1, 0.15) is 23.4 Å². The number of fused-ring (bicyclic) bond motifs is 2. The third kappa shape index (κ3) is 7.18. The van der Waals surface area contributed by atoms with Gasteiger partial charge in [0.05, 0.1) is 19.8 Å². The number of benzene rings is 3. The Morgan fingerprint density at radius 3 is 2.56 bits per heavy atom. The Kier molecular flexibility index (Phi) is 9.24. The van der Waals surface area contributed by atoms with Crippen LogP contribution in [0, 0.1) is 0 Å². The van der Waals surface area contributed by atoms with E-state index in [1.165, 1.54) is 6.92 Å². The van der Waals surface area contributed by atoms with Crippen LogP contribution in [0.5, 0.6) is 5.75 Å². The first-order valence-corrected chi connectivity index (χ1v) is 14.3. The van der Waals surface area contributed by atoms with Crippen LogP contribution in [0.4, 0.5) is 10.5 Å². The van der Waals surface area contributed by atoms with E-state index in [9.17, 15) is 19.5 Å². The van der Waals surface area contributed by atoms with Crippen molar-refractivity contribution in [3.05, 3.63) is 70.2 Å². The number of alkyl carbamates (subject to hydrolysis) is 1. The maximum atomic E-state index is 14.1. The zero-order chi connectivity index (χ0) is 29.9. The van der Waals surface area contributed by atoms with E-state index in [1.54, 1.807) is 32.8 Å². The number of nitrogens with zero attached hydrogens (tertiary/aromatic N) is 1. The van der Waals surface area contributed by atoms with Gasteiger partial charge in [0.25, 0.3) is 0 Å². The van der Waals surface area contributed by atoms with Crippen LogP contribution in [-0.2, 0) is 27.3 Å². The standard InChI is InChI=1S/C31H36BrN3O6/c1-18(36)27(34-30(39)41-31(2,3)4)28(37)33-24-14-10-19-8-6-7-9-25(19)35(29(24)38)17-23-22-13-12-21(32)16-20(22)11-15-26(23)40-5/h6-9,11-13,15-16,18,24,27,36H,10,14,17H2,1-5H3,(H,33,37)(H,34,39)/t18-,24-,27-/m0/s1. The third-order valence-electron chi connectivity index (χ3n) is 6.89. The molecule has 41 heavy (non-hydrogen) atoms. The molecule has 0 aromatic heterocycles. The fourth-order valence-electron chi connectivity index (χ4n) is 4.97. The second-order valence-corrected chi connectivity index (χ2v) is 12.0. The van der Waals surface area contributed by atoms with Gasteiger partial charge < -0.3 is 30.1 Å². The molecule has 0 fully saturated rings. The van der Waals surface area contributed by atoms with Crippen molar-refractivity contribution in [3.8, 4) is 5.75 Å². The Bertz CT molecular complexity index is 1450. The SMILES string of the molecule is COc1ccc2cc(Br)ccc2c1CN1C(=O)[C@@H](NC(=O)[C@@H](NC(=O)OC(C)(C)C)[C@H](C)O)CCc2ccccc21. The molecular weight excluding hydrogens is 590 g/mol. The number of aliphatic hydroxyl groups excluding tert-OH is 1. The summed E-state index contributed by atoms with van der Waals surface area (Å²) < 4.78 is 11.9. The number of carbonyl (C=O) groups excluding carboxylic acids is 3. The van der Waals surface area contributed by atoms with Crippen LogP contribution in [0.3, 0.4) is 0 Å². The smallest absolute Gasteiger partial charge is 0.408 e. The van der Waals surface area contributed by atoms with Crippen LogP contribution in [0.1, 0.15) is 45.2 Å². The molecule has 1 heterocycles. The van der Waals surface area contributed by atoms with Crippen molar-refractivity contribution in [2.45, 2.75) is 70.9 Å². The summed E-state index contributed by atoms with van der Waals surface area (Å²) in [5.41, 5.74) is 1.77. The molecule has 0 spiro atoms. The van der Waals surface area contributed by atoms with Gasteiger partial charge in [-0.05, 0) is 81.1 Å². The molecule has 0 saturated carbocycles. The summed E-state index contributed by atoms with van der Waals surface area (Å²) in [5, 5.41) is 17.5. The van der Waals surface area contributed by atoms with Crippen molar-refractivity contribution in [2.24, 2.45) is 0 Å². The average molecular weight is 627 g/mol. The van der Waals surface area contributed by atoms with E-state index in [-0.39, 0.29) is 12.5 Å². The van der Waals surface area contributed by atoms with E-state index in [2.05, 4.69) is 26.6 Å². The molecule has 0 unspecified atom stereocenters. The Balaban J connectivity index is 1.66. The number of rotatable bonds is 7. The van der Waals surface area contributed by atoms with Crippen molar-refractivity contribution in [1.29, 1.82) is 0 Å². The predicted octanol–water partition coefficient (Wildman–Crippen LogP) is 4.85. The summed E-state index contributed by atoms with van der Waals surface area (Å²) >= 11 is 3.53. The summed E-state index contributed by atoms with van der Waals surface area (Å²) in [6, 6.07) is 15.3. The van der Waals surface area contributed by atoms with Crippen LogP contribution in [0.15, 0.2) is 59.1 Å². The molecule has 0 saturated heterocycles. The quantitative estimate of drug-likeness (QED) is 0.346. The van der Waals surface area contributed by atoms with Gasteiger partial charge >= 0.3 is 6.09 Å². The number of hydrogen-bond acceptors (Lipinski definition) is 6. The van der Waals surface area contributed by atoms with Gasteiger partial charge in [-0.1, -0.05) is 46.3 Å². The van der Waals surface area contributed by atoms with Gasteiger partial charge in [0, 0.05) is 15.7 Å². The number of hydrogen-bond donors (Lipinski definition) is 3. The molecule has 0 aliphatic carbocycles. The average Bonchev–Trinajstić information content (AvgIpc) is 3.02. The van der Waals surface area contributed by atoms with E-state index < -0.39 is 35.8 Å². The molecule has 1 aliphatic heterocycles. The Labute approximate surface area is 248 Å². The van der Waals surface area contributed by atoms with Crippen molar-refractivity contribution in [1.82, 2.24) is 10.6 Å². The monoisotopic (exact) mass is 625 g/mol. The summed E-state index contributed by atoms with van der Waals surface area (Å²) in [4.78, 5) is 41.5. The number of amides is 3. The van der Waals surface area contributed by atoms with Gasteiger partial charge in [-0.25, -0.2) is 4.79 Å². The molecule has 0 radical (unpaired) electrons. The van der Waals surface area contributed by atoms with Crippen LogP contribution >= 0.6 is 15.9 Å². The lowest BCUT2D eigenvalue weighted by atomic mass is 10.0. The highest BCUT2D eigenvalue weighted by molar-refractivity contribution is 9.10. The minimum atomic E-state index is -1.31. The number of methoxy groups -OCH3 is 1. The molecule has 3 aromatic rings. The number of carbonyl (C=O) groups is 3. The number of ether oxygens (including phenoxy) is 2. The van der Waals surface area contributed by atoms with Gasteiger partial charge in [0.2, 0.25) is 11.8 Å². The summed E-state index contributed by atoms with van der Waals surface area (Å²) in [7, 11) is 1.60. The van der Waals surface area contributed by atoms with Crippen molar-refractivity contribution in [3.63, 3.8) is 0 Å². The molecule has 3 aromatic carbocycles. The topological polar surface area (TPSA) is 117 Å². The molecule has 218 valence electrons. The van der Waals surface area contributed by atoms with Gasteiger partial charge in [-0.2, -0.15) is 0 Å². The van der Waals surface area contributed by atoms with E-state index in [4.69, 9.17) is 9.47 Å². The van der Waals surface area contributed by atoms with Gasteiger partial charge in [0.15, 0.2) is 0 Å². The van der Waals surface area contributed by atoms with Crippen LogP contribution in [0.25, 0.3) is 10.8 Å². The molecule has 3 N–H and O–H groups in total. The molecule has 10 heteroatoms. The fourth-order valence-corrected chi connectivity index (χ4v) is 5.35. The number of aryl methyl sites for hydroxylation is 1. The summed E-state index contributed by atoms with van der Waals surface area (Å²) in [6.07, 6.45) is -1.18. The summed E-state index contributed by atoms with van der Waals surface area (Å²) in [5.74, 6) is -0.338. The largest absolute Gasteiger partial charge is 0.496 e. The zero-order valence-corrected chi connectivity index (χ0v) is 25.4.